The van der Waals surface area contributed by atoms with E-state index in [4.69, 9.17) is 5.73 Å². The first kappa shape index (κ1) is 11.9. The molecule has 0 aromatic heterocycles. The molecular formula is C8H16N2O3. The minimum absolute atomic E-state index is 0.628. The largest absolute Gasteiger partial charge is 0.381 e. The van der Waals surface area contributed by atoms with Crippen molar-refractivity contribution in [2.45, 2.75) is 38.8 Å². The van der Waals surface area contributed by atoms with E-state index in [9.17, 15) is 14.7 Å². The van der Waals surface area contributed by atoms with E-state index >= 15 is 0 Å². The minimum Gasteiger partial charge on any atom is -0.381 e. The Morgan fingerprint density at radius 3 is 1.85 bits per heavy atom. The molecule has 0 fully saturated rings. The Kier molecular flexibility index (Phi) is 3.05. The number of nitrogens with two attached hydrogens (primary N) is 1. The summed E-state index contributed by atoms with van der Waals surface area (Å²) in [6, 6.07) is 0. The third kappa shape index (κ3) is 3.42. The Morgan fingerprint density at radius 2 is 1.62 bits per heavy atom. The van der Waals surface area contributed by atoms with Gasteiger partial charge >= 0.3 is 0 Å². The van der Waals surface area contributed by atoms with Crippen molar-refractivity contribution in [3.05, 3.63) is 0 Å². The molecule has 76 valence electrons. The van der Waals surface area contributed by atoms with Crippen molar-refractivity contribution in [2.24, 2.45) is 5.73 Å². The monoisotopic (exact) mass is 188 g/mol. The molecule has 0 atom stereocenters. The van der Waals surface area contributed by atoms with Crippen LogP contribution in [0, 0.1) is 0 Å². The second-order valence-corrected chi connectivity index (χ2v) is 4.00. The Labute approximate surface area is 77.3 Å². The summed E-state index contributed by atoms with van der Waals surface area (Å²) in [6.45, 7) is 5.61. The lowest BCUT2D eigenvalue weighted by Gasteiger charge is -2.26. The van der Waals surface area contributed by atoms with Crippen molar-refractivity contribution in [1.82, 2.24) is 5.32 Å². The van der Waals surface area contributed by atoms with Crippen LogP contribution in [0.25, 0.3) is 0 Å². The van der Waals surface area contributed by atoms with Gasteiger partial charge in [0.25, 0.3) is 5.91 Å². The highest BCUT2D eigenvalue weighted by molar-refractivity contribution is 5.92. The highest BCUT2D eigenvalue weighted by atomic mass is 16.3. The Balaban J connectivity index is 4.47. The van der Waals surface area contributed by atoms with E-state index in [-0.39, 0.29) is 0 Å². The average molecular weight is 188 g/mol. The molecule has 0 saturated heterocycles. The van der Waals surface area contributed by atoms with Crippen LogP contribution in [0.4, 0.5) is 0 Å². The molecule has 0 heterocycles. The molecule has 13 heavy (non-hydrogen) atoms. The summed E-state index contributed by atoms with van der Waals surface area (Å²) < 4.78 is 0. The highest BCUT2D eigenvalue weighted by Crippen LogP contribution is 2.06. The van der Waals surface area contributed by atoms with Gasteiger partial charge in [-0.2, -0.15) is 0 Å². The van der Waals surface area contributed by atoms with Crippen molar-refractivity contribution in [1.29, 1.82) is 0 Å². The van der Waals surface area contributed by atoms with E-state index in [0.29, 0.717) is 0 Å². The SMILES string of the molecule is CC(C)(O)C(=O)NC(C)(C)C(N)=O. The number of primary amides is 1. The number of aliphatic hydroxyl groups is 1. The van der Waals surface area contributed by atoms with Crippen LogP contribution in [0.5, 0.6) is 0 Å². The molecule has 0 saturated carbocycles. The molecule has 0 aromatic carbocycles. The summed E-state index contributed by atoms with van der Waals surface area (Å²) in [5.41, 5.74) is 2.38. The van der Waals surface area contributed by atoms with E-state index in [1.165, 1.54) is 27.7 Å². The molecule has 0 aliphatic carbocycles. The predicted octanol–water partition coefficient (Wildman–Crippen LogP) is -0.863. The van der Waals surface area contributed by atoms with E-state index < -0.39 is 23.0 Å². The molecule has 2 amide bonds. The summed E-state index contributed by atoms with van der Waals surface area (Å²) in [6.07, 6.45) is 0. The van der Waals surface area contributed by atoms with Gasteiger partial charge < -0.3 is 16.2 Å². The standard InChI is InChI=1S/C8H16N2O3/c1-7(2,5(9)11)10-6(12)8(3,4)13/h13H,1-4H3,(H2,9,11)(H,10,12). The first-order valence-electron chi connectivity index (χ1n) is 3.92. The van der Waals surface area contributed by atoms with Gasteiger partial charge in [-0.25, -0.2) is 0 Å². The molecule has 0 aliphatic heterocycles. The summed E-state index contributed by atoms with van der Waals surface area (Å²) in [5, 5.41) is 11.6. The number of carbonyl (C=O) groups is 2. The fourth-order valence-corrected chi connectivity index (χ4v) is 0.498. The number of carbonyl (C=O) groups excluding carboxylic acids is 2. The summed E-state index contributed by atoms with van der Waals surface area (Å²) in [5.74, 6) is -1.28. The first-order valence-corrected chi connectivity index (χ1v) is 3.92. The van der Waals surface area contributed by atoms with Gasteiger partial charge in [0, 0.05) is 0 Å². The smallest absolute Gasteiger partial charge is 0.252 e. The molecule has 4 N–H and O–H groups in total. The van der Waals surface area contributed by atoms with E-state index in [0.717, 1.165) is 0 Å². The van der Waals surface area contributed by atoms with Crippen LogP contribution in [0.3, 0.4) is 0 Å². The van der Waals surface area contributed by atoms with Gasteiger partial charge in [-0.1, -0.05) is 0 Å². The second-order valence-electron chi connectivity index (χ2n) is 4.00. The predicted molar refractivity (Wildman–Crippen MR) is 47.7 cm³/mol. The average Bonchev–Trinajstić information content (AvgIpc) is 1.83. The molecule has 5 nitrogen and oxygen atoms in total. The number of hydrogen-bond donors (Lipinski definition) is 3. The van der Waals surface area contributed by atoms with E-state index in [1.54, 1.807) is 0 Å². The maximum absolute atomic E-state index is 11.2. The highest BCUT2D eigenvalue weighted by Gasteiger charge is 2.32. The van der Waals surface area contributed by atoms with Crippen LogP contribution < -0.4 is 11.1 Å². The lowest BCUT2D eigenvalue weighted by Crippen LogP contribution is -2.57. The molecular weight excluding hydrogens is 172 g/mol. The van der Waals surface area contributed by atoms with Crippen LogP contribution >= 0.6 is 0 Å². The van der Waals surface area contributed by atoms with Gasteiger partial charge in [0.2, 0.25) is 5.91 Å². The van der Waals surface area contributed by atoms with Crippen LogP contribution in [-0.2, 0) is 9.59 Å². The zero-order chi connectivity index (χ0) is 10.9. The van der Waals surface area contributed by atoms with Crippen molar-refractivity contribution in [3.8, 4) is 0 Å². The third-order valence-electron chi connectivity index (χ3n) is 1.60. The van der Waals surface area contributed by atoms with Crippen molar-refractivity contribution in [2.75, 3.05) is 0 Å². The van der Waals surface area contributed by atoms with Gasteiger partial charge in [0.1, 0.15) is 11.1 Å². The molecule has 5 heteroatoms. The molecule has 0 spiro atoms. The topological polar surface area (TPSA) is 92.4 Å². The van der Waals surface area contributed by atoms with Gasteiger partial charge in [-0.15, -0.1) is 0 Å². The number of amides is 2. The van der Waals surface area contributed by atoms with Gasteiger partial charge in [-0.3, -0.25) is 9.59 Å². The normalized spacial score (nSPS) is 12.4. The lowest BCUT2D eigenvalue weighted by atomic mass is 10.0. The number of rotatable bonds is 3. The Bertz CT molecular complexity index is 228. The van der Waals surface area contributed by atoms with Crippen molar-refractivity contribution < 1.29 is 14.7 Å². The van der Waals surface area contributed by atoms with Gasteiger partial charge in [-0.05, 0) is 27.7 Å². The maximum atomic E-state index is 11.2. The van der Waals surface area contributed by atoms with Crippen molar-refractivity contribution in [3.63, 3.8) is 0 Å². The van der Waals surface area contributed by atoms with Crippen molar-refractivity contribution >= 4 is 11.8 Å². The molecule has 0 radical (unpaired) electrons. The number of hydrogen-bond acceptors (Lipinski definition) is 3. The first-order chi connectivity index (χ1) is 5.57. The Morgan fingerprint density at radius 1 is 1.23 bits per heavy atom. The third-order valence-corrected chi connectivity index (χ3v) is 1.60. The summed E-state index contributed by atoms with van der Waals surface area (Å²) in [7, 11) is 0. The van der Waals surface area contributed by atoms with Crippen LogP contribution in [0.15, 0.2) is 0 Å². The summed E-state index contributed by atoms with van der Waals surface area (Å²) >= 11 is 0. The van der Waals surface area contributed by atoms with Crippen LogP contribution in [0.1, 0.15) is 27.7 Å². The fraction of sp³-hybridized carbons (Fsp3) is 0.750. The van der Waals surface area contributed by atoms with E-state index in [1.807, 2.05) is 0 Å². The van der Waals surface area contributed by atoms with Gasteiger partial charge in [0.15, 0.2) is 0 Å². The molecule has 0 bridgehead atoms. The molecule has 0 aliphatic rings. The van der Waals surface area contributed by atoms with Gasteiger partial charge in [0.05, 0.1) is 0 Å². The molecule has 0 aromatic rings. The Hall–Kier alpha value is -1.10. The molecule has 0 unspecified atom stereocenters. The van der Waals surface area contributed by atoms with Crippen LogP contribution in [0.2, 0.25) is 0 Å². The zero-order valence-corrected chi connectivity index (χ0v) is 8.34. The van der Waals surface area contributed by atoms with Crippen LogP contribution in [-0.4, -0.2) is 28.1 Å². The fourth-order valence-electron chi connectivity index (χ4n) is 0.498. The maximum Gasteiger partial charge on any atom is 0.252 e. The summed E-state index contributed by atoms with van der Waals surface area (Å²) in [4.78, 5) is 22.0. The minimum atomic E-state index is -1.51. The quantitative estimate of drug-likeness (QED) is 0.538. The number of nitrogens with one attached hydrogen (secondary N) is 1. The van der Waals surface area contributed by atoms with E-state index in [2.05, 4.69) is 5.32 Å². The second kappa shape index (κ2) is 3.33. The molecule has 0 rings (SSSR count). The lowest BCUT2D eigenvalue weighted by molar-refractivity contribution is -0.141. The zero-order valence-electron chi connectivity index (χ0n) is 8.34.